The number of hydrogen-bond donors (Lipinski definition) is 0. The first-order valence-corrected chi connectivity index (χ1v) is 4.99. The third kappa shape index (κ3) is 1.99. The zero-order valence-electron chi connectivity index (χ0n) is 8.07. The molecule has 1 heterocycles. The summed E-state index contributed by atoms with van der Waals surface area (Å²) in [5.41, 5.74) is 2.36. The molecule has 2 heteroatoms. The van der Waals surface area contributed by atoms with Crippen LogP contribution in [-0.2, 0) is 6.54 Å². The maximum atomic E-state index is 6.13. The number of benzene rings is 1. The van der Waals surface area contributed by atoms with Gasteiger partial charge in [-0.3, -0.25) is 0 Å². The first-order valence-electron chi connectivity index (χ1n) is 4.61. The summed E-state index contributed by atoms with van der Waals surface area (Å²) in [7, 11) is 0. The lowest BCUT2D eigenvalue weighted by atomic mass is 10.1. The number of hydrogen-bond acceptors (Lipinski definition) is 0. The Labute approximate surface area is 88.9 Å². The monoisotopic (exact) mass is 205 g/mol. The molecule has 0 bridgehead atoms. The van der Waals surface area contributed by atoms with Gasteiger partial charge in [0.25, 0.3) is 0 Å². The third-order valence-electron chi connectivity index (χ3n) is 2.23. The molecule has 1 aromatic carbocycles. The van der Waals surface area contributed by atoms with Crippen LogP contribution in [0.15, 0.2) is 42.7 Å². The van der Waals surface area contributed by atoms with Gasteiger partial charge in [0, 0.05) is 24.0 Å². The highest BCUT2D eigenvalue weighted by Crippen LogP contribution is 2.18. The molecule has 2 aromatic rings. The molecule has 1 aromatic heterocycles. The van der Waals surface area contributed by atoms with Crippen molar-refractivity contribution >= 4 is 11.6 Å². The van der Waals surface area contributed by atoms with E-state index in [0.717, 1.165) is 17.1 Å². The molecule has 0 saturated heterocycles. The number of aromatic nitrogens is 1. The van der Waals surface area contributed by atoms with Crippen molar-refractivity contribution in [3.05, 3.63) is 58.9 Å². The summed E-state index contributed by atoms with van der Waals surface area (Å²) >= 11 is 6.13. The maximum Gasteiger partial charge on any atom is 0.0484 e. The molecular weight excluding hydrogens is 194 g/mol. The van der Waals surface area contributed by atoms with Gasteiger partial charge in [0.15, 0.2) is 0 Å². The molecule has 0 aliphatic heterocycles. The van der Waals surface area contributed by atoms with E-state index in [1.807, 2.05) is 37.5 Å². The summed E-state index contributed by atoms with van der Waals surface area (Å²) in [6.07, 6.45) is 4.08. The molecule has 0 atom stereocenters. The van der Waals surface area contributed by atoms with Crippen LogP contribution in [-0.4, -0.2) is 4.57 Å². The lowest BCUT2D eigenvalue weighted by Crippen LogP contribution is -1.96. The van der Waals surface area contributed by atoms with Gasteiger partial charge in [0.2, 0.25) is 0 Å². The standard InChI is InChI=1S/C12H12ClN/c1-10-4-5-11(12(13)8-10)9-14-6-2-3-7-14/h2-8H,9H2,1H3. The second-order valence-corrected chi connectivity index (χ2v) is 3.86. The lowest BCUT2D eigenvalue weighted by Gasteiger charge is -2.06. The van der Waals surface area contributed by atoms with Crippen molar-refractivity contribution in [1.29, 1.82) is 0 Å². The normalized spacial score (nSPS) is 10.4. The molecule has 2 rings (SSSR count). The van der Waals surface area contributed by atoms with Crippen LogP contribution in [0.1, 0.15) is 11.1 Å². The maximum absolute atomic E-state index is 6.13. The van der Waals surface area contributed by atoms with Crippen molar-refractivity contribution in [2.45, 2.75) is 13.5 Å². The minimum absolute atomic E-state index is 0.839. The predicted octanol–water partition coefficient (Wildman–Crippen LogP) is 3.50. The van der Waals surface area contributed by atoms with Gasteiger partial charge in [0.05, 0.1) is 0 Å². The summed E-state index contributed by atoms with van der Waals surface area (Å²) in [6, 6.07) is 10.2. The Balaban J connectivity index is 2.25. The average Bonchev–Trinajstić information content (AvgIpc) is 2.62. The van der Waals surface area contributed by atoms with Gasteiger partial charge in [-0.15, -0.1) is 0 Å². The van der Waals surface area contributed by atoms with Crippen LogP contribution in [0.2, 0.25) is 5.02 Å². The second kappa shape index (κ2) is 3.89. The largest absolute Gasteiger partial charge is 0.350 e. The topological polar surface area (TPSA) is 4.93 Å². The van der Waals surface area contributed by atoms with E-state index in [2.05, 4.69) is 16.7 Å². The smallest absolute Gasteiger partial charge is 0.0484 e. The minimum atomic E-state index is 0.839. The van der Waals surface area contributed by atoms with Gasteiger partial charge in [-0.05, 0) is 36.2 Å². The average molecular weight is 206 g/mol. The molecule has 0 unspecified atom stereocenters. The van der Waals surface area contributed by atoms with E-state index in [-0.39, 0.29) is 0 Å². The SMILES string of the molecule is Cc1ccc(Cn2cccc2)c(Cl)c1. The highest BCUT2D eigenvalue weighted by atomic mass is 35.5. The molecule has 1 nitrogen and oxygen atoms in total. The van der Waals surface area contributed by atoms with Crippen LogP contribution in [0.3, 0.4) is 0 Å². The van der Waals surface area contributed by atoms with Crippen molar-refractivity contribution in [1.82, 2.24) is 4.57 Å². The van der Waals surface area contributed by atoms with Crippen molar-refractivity contribution in [3.8, 4) is 0 Å². The van der Waals surface area contributed by atoms with Crippen molar-refractivity contribution < 1.29 is 0 Å². The summed E-state index contributed by atoms with van der Waals surface area (Å²) in [4.78, 5) is 0. The Bertz CT molecular complexity index is 418. The van der Waals surface area contributed by atoms with Crippen molar-refractivity contribution in [2.24, 2.45) is 0 Å². The number of aryl methyl sites for hydroxylation is 1. The fourth-order valence-electron chi connectivity index (χ4n) is 1.45. The molecule has 14 heavy (non-hydrogen) atoms. The van der Waals surface area contributed by atoms with Crippen molar-refractivity contribution in [3.63, 3.8) is 0 Å². The molecular formula is C12H12ClN. The van der Waals surface area contributed by atoms with E-state index in [1.165, 1.54) is 5.56 Å². The van der Waals surface area contributed by atoms with Crippen LogP contribution < -0.4 is 0 Å². The quantitative estimate of drug-likeness (QED) is 0.707. The Morgan fingerprint density at radius 1 is 1.21 bits per heavy atom. The van der Waals surface area contributed by atoms with E-state index in [9.17, 15) is 0 Å². The molecule has 0 N–H and O–H groups in total. The first kappa shape index (κ1) is 9.35. The molecule has 0 aliphatic carbocycles. The van der Waals surface area contributed by atoms with Gasteiger partial charge in [-0.25, -0.2) is 0 Å². The Morgan fingerprint density at radius 2 is 1.93 bits per heavy atom. The molecule has 0 fully saturated rings. The highest BCUT2D eigenvalue weighted by Gasteiger charge is 2.00. The summed E-state index contributed by atoms with van der Waals surface area (Å²) in [6.45, 7) is 2.89. The zero-order chi connectivity index (χ0) is 9.97. The van der Waals surface area contributed by atoms with Crippen LogP contribution in [0, 0.1) is 6.92 Å². The Morgan fingerprint density at radius 3 is 2.57 bits per heavy atom. The molecule has 0 spiro atoms. The first-order chi connectivity index (χ1) is 6.75. The van der Waals surface area contributed by atoms with E-state index < -0.39 is 0 Å². The summed E-state index contributed by atoms with van der Waals surface area (Å²) in [5.74, 6) is 0. The molecule has 0 aliphatic rings. The number of halogens is 1. The van der Waals surface area contributed by atoms with Gasteiger partial charge in [-0.1, -0.05) is 23.7 Å². The van der Waals surface area contributed by atoms with Crippen LogP contribution >= 0.6 is 11.6 Å². The van der Waals surface area contributed by atoms with Crippen molar-refractivity contribution in [2.75, 3.05) is 0 Å². The van der Waals surface area contributed by atoms with E-state index in [4.69, 9.17) is 11.6 Å². The van der Waals surface area contributed by atoms with Gasteiger partial charge in [-0.2, -0.15) is 0 Å². The zero-order valence-corrected chi connectivity index (χ0v) is 8.83. The van der Waals surface area contributed by atoms with Gasteiger partial charge in [0.1, 0.15) is 0 Å². The minimum Gasteiger partial charge on any atom is -0.350 e. The number of nitrogens with zero attached hydrogens (tertiary/aromatic N) is 1. The van der Waals surface area contributed by atoms with Crippen LogP contribution in [0.5, 0.6) is 0 Å². The summed E-state index contributed by atoms with van der Waals surface area (Å²) < 4.78 is 2.11. The van der Waals surface area contributed by atoms with E-state index in [0.29, 0.717) is 0 Å². The second-order valence-electron chi connectivity index (χ2n) is 3.45. The summed E-state index contributed by atoms with van der Waals surface area (Å²) in [5, 5.41) is 0.846. The fraction of sp³-hybridized carbons (Fsp3) is 0.167. The third-order valence-corrected chi connectivity index (χ3v) is 2.58. The Hall–Kier alpha value is -1.21. The fourth-order valence-corrected chi connectivity index (χ4v) is 1.75. The van der Waals surface area contributed by atoms with E-state index >= 15 is 0 Å². The van der Waals surface area contributed by atoms with Gasteiger partial charge < -0.3 is 4.57 Å². The predicted molar refractivity (Wildman–Crippen MR) is 59.7 cm³/mol. The van der Waals surface area contributed by atoms with Crippen LogP contribution in [0.25, 0.3) is 0 Å². The van der Waals surface area contributed by atoms with Gasteiger partial charge >= 0.3 is 0 Å². The highest BCUT2D eigenvalue weighted by molar-refractivity contribution is 6.31. The molecule has 0 saturated carbocycles. The molecule has 0 amide bonds. The molecule has 0 radical (unpaired) electrons. The lowest BCUT2D eigenvalue weighted by molar-refractivity contribution is 0.806. The molecule has 72 valence electrons. The van der Waals surface area contributed by atoms with E-state index in [1.54, 1.807) is 0 Å². The van der Waals surface area contributed by atoms with Crippen LogP contribution in [0.4, 0.5) is 0 Å². The number of rotatable bonds is 2. The Kier molecular flexibility index (Phi) is 2.60.